The molecule has 1 saturated carbocycles. The molecule has 0 saturated heterocycles. The molecule has 1 aliphatic carbocycles. The van der Waals surface area contributed by atoms with Crippen LogP contribution >= 0.6 is 11.6 Å². The fourth-order valence-electron chi connectivity index (χ4n) is 2.86. The van der Waals surface area contributed by atoms with Gasteiger partial charge in [-0.3, -0.25) is 14.3 Å². The highest BCUT2D eigenvalue weighted by molar-refractivity contribution is 6.35. The second-order valence-electron chi connectivity index (χ2n) is 5.94. The lowest BCUT2D eigenvalue weighted by Gasteiger charge is -2.18. The highest BCUT2D eigenvalue weighted by atomic mass is 35.5. The van der Waals surface area contributed by atoms with Crippen LogP contribution in [0.1, 0.15) is 24.7 Å². The van der Waals surface area contributed by atoms with Crippen LogP contribution in [0.5, 0.6) is 0 Å². The Morgan fingerprint density at radius 2 is 2.12 bits per heavy atom. The molecule has 2 heterocycles. The number of halogens is 2. The third kappa shape index (κ3) is 2.39. The summed E-state index contributed by atoms with van der Waals surface area (Å²) < 4.78 is 15.6. The fraction of sp³-hybridized carbons (Fsp3) is 0.235. The number of rotatable bonds is 3. The quantitative estimate of drug-likeness (QED) is 0.792. The van der Waals surface area contributed by atoms with Crippen LogP contribution in [0, 0.1) is 11.7 Å². The van der Waals surface area contributed by atoms with Gasteiger partial charge in [0, 0.05) is 6.20 Å². The van der Waals surface area contributed by atoms with Gasteiger partial charge in [0.15, 0.2) is 0 Å². The van der Waals surface area contributed by atoms with Crippen molar-refractivity contribution in [1.29, 1.82) is 0 Å². The van der Waals surface area contributed by atoms with E-state index in [4.69, 9.17) is 17.3 Å². The number of benzene rings is 1. The maximum absolute atomic E-state index is 14.2. The zero-order valence-electron chi connectivity index (χ0n) is 12.6. The van der Waals surface area contributed by atoms with Crippen molar-refractivity contribution < 1.29 is 4.39 Å². The molecule has 1 aromatic carbocycles. The predicted molar refractivity (Wildman–Crippen MR) is 89.8 cm³/mol. The molecular formula is C17H14ClFN4O. The van der Waals surface area contributed by atoms with Crippen molar-refractivity contribution in [1.82, 2.24) is 14.5 Å². The van der Waals surface area contributed by atoms with Crippen LogP contribution in [-0.4, -0.2) is 14.5 Å². The SMILES string of the molecule is NC(c1nc2c(F)ccc(Cl)c2c(=O)n1-c1cccnc1)C1CC1. The van der Waals surface area contributed by atoms with Crippen LogP contribution in [0.25, 0.3) is 16.6 Å². The van der Waals surface area contributed by atoms with E-state index in [-0.39, 0.29) is 21.8 Å². The molecule has 0 radical (unpaired) electrons. The van der Waals surface area contributed by atoms with Gasteiger partial charge >= 0.3 is 0 Å². The molecule has 4 rings (SSSR count). The summed E-state index contributed by atoms with van der Waals surface area (Å²) >= 11 is 6.13. The van der Waals surface area contributed by atoms with Gasteiger partial charge in [0.05, 0.1) is 28.3 Å². The molecule has 122 valence electrons. The number of hydrogen-bond acceptors (Lipinski definition) is 4. The number of nitrogens with two attached hydrogens (primary N) is 1. The summed E-state index contributed by atoms with van der Waals surface area (Å²) in [4.78, 5) is 21.5. The van der Waals surface area contributed by atoms with E-state index >= 15 is 0 Å². The third-order valence-electron chi connectivity index (χ3n) is 4.28. The van der Waals surface area contributed by atoms with Crippen LogP contribution in [-0.2, 0) is 0 Å². The number of hydrogen-bond donors (Lipinski definition) is 1. The van der Waals surface area contributed by atoms with Gasteiger partial charge in [0.1, 0.15) is 17.2 Å². The third-order valence-corrected chi connectivity index (χ3v) is 4.60. The Labute approximate surface area is 141 Å². The van der Waals surface area contributed by atoms with Gasteiger partial charge in [-0.25, -0.2) is 9.37 Å². The molecule has 2 aromatic heterocycles. The maximum Gasteiger partial charge on any atom is 0.267 e. The van der Waals surface area contributed by atoms with Crippen LogP contribution in [0.2, 0.25) is 5.02 Å². The normalized spacial score (nSPS) is 15.6. The van der Waals surface area contributed by atoms with E-state index in [1.165, 1.54) is 16.7 Å². The minimum atomic E-state index is -0.589. The summed E-state index contributed by atoms with van der Waals surface area (Å²) in [6.07, 6.45) is 5.10. The van der Waals surface area contributed by atoms with Crippen molar-refractivity contribution in [3.8, 4) is 5.69 Å². The van der Waals surface area contributed by atoms with Crippen molar-refractivity contribution in [2.24, 2.45) is 11.7 Å². The molecule has 5 nitrogen and oxygen atoms in total. The standard InChI is InChI=1S/C17H14ClFN4O/c18-11-5-6-12(19)15-13(11)17(24)23(10-2-1-7-21-8-10)16(22-15)14(20)9-3-4-9/h1-2,5-9,14H,3-4,20H2. The Hall–Kier alpha value is -2.31. The van der Waals surface area contributed by atoms with Crippen LogP contribution in [0.3, 0.4) is 0 Å². The molecule has 2 N–H and O–H groups in total. The lowest BCUT2D eigenvalue weighted by molar-refractivity contribution is 0.569. The molecule has 1 atom stereocenters. The first-order valence-electron chi connectivity index (χ1n) is 7.64. The Morgan fingerprint density at radius 3 is 2.79 bits per heavy atom. The summed E-state index contributed by atoms with van der Waals surface area (Å²) in [7, 11) is 0. The molecule has 3 aromatic rings. The summed E-state index contributed by atoms with van der Waals surface area (Å²) in [5, 5.41) is 0.209. The number of nitrogens with zero attached hydrogens (tertiary/aromatic N) is 3. The lowest BCUT2D eigenvalue weighted by Crippen LogP contribution is -2.30. The fourth-order valence-corrected chi connectivity index (χ4v) is 3.09. The lowest BCUT2D eigenvalue weighted by atomic mass is 10.1. The zero-order chi connectivity index (χ0) is 16.8. The molecule has 0 aliphatic heterocycles. The number of pyridine rings is 1. The Morgan fingerprint density at radius 1 is 1.33 bits per heavy atom. The Bertz CT molecular complexity index is 985. The van der Waals surface area contributed by atoms with Crippen molar-refractivity contribution in [2.45, 2.75) is 18.9 Å². The van der Waals surface area contributed by atoms with Gasteiger partial charge < -0.3 is 5.73 Å². The first-order valence-corrected chi connectivity index (χ1v) is 8.02. The topological polar surface area (TPSA) is 73.8 Å². The second-order valence-corrected chi connectivity index (χ2v) is 6.35. The van der Waals surface area contributed by atoms with Gasteiger partial charge in [-0.15, -0.1) is 0 Å². The highest BCUT2D eigenvalue weighted by Crippen LogP contribution is 2.39. The first kappa shape index (κ1) is 15.2. The van der Waals surface area contributed by atoms with E-state index in [2.05, 4.69) is 9.97 Å². The van der Waals surface area contributed by atoms with Crippen LogP contribution in [0.4, 0.5) is 4.39 Å². The van der Waals surface area contributed by atoms with Gasteiger partial charge in [0.2, 0.25) is 0 Å². The molecule has 0 amide bonds. The van der Waals surface area contributed by atoms with Gasteiger partial charge in [-0.2, -0.15) is 0 Å². The smallest absolute Gasteiger partial charge is 0.267 e. The summed E-state index contributed by atoms with van der Waals surface area (Å²) in [6, 6.07) is 5.57. The van der Waals surface area contributed by atoms with Crippen molar-refractivity contribution in [3.05, 3.63) is 63.7 Å². The summed E-state index contributed by atoms with van der Waals surface area (Å²) in [6.45, 7) is 0. The van der Waals surface area contributed by atoms with Crippen molar-refractivity contribution in [3.63, 3.8) is 0 Å². The summed E-state index contributed by atoms with van der Waals surface area (Å²) in [5.41, 5.74) is 6.34. The largest absolute Gasteiger partial charge is 0.321 e. The van der Waals surface area contributed by atoms with E-state index in [0.717, 1.165) is 12.8 Å². The highest BCUT2D eigenvalue weighted by Gasteiger charge is 2.33. The van der Waals surface area contributed by atoms with E-state index in [9.17, 15) is 9.18 Å². The number of aromatic nitrogens is 3. The molecule has 24 heavy (non-hydrogen) atoms. The van der Waals surface area contributed by atoms with Crippen molar-refractivity contribution >= 4 is 22.5 Å². The Kier molecular flexibility index (Phi) is 3.58. The van der Waals surface area contributed by atoms with Gasteiger partial charge in [-0.05, 0) is 43.0 Å². The van der Waals surface area contributed by atoms with E-state index in [0.29, 0.717) is 11.5 Å². The maximum atomic E-state index is 14.2. The van der Waals surface area contributed by atoms with Crippen LogP contribution < -0.4 is 11.3 Å². The molecule has 7 heteroatoms. The molecular weight excluding hydrogens is 331 g/mol. The molecule has 1 fully saturated rings. The average molecular weight is 345 g/mol. The van der Waals surface area contributed by atoms with Crippen LogP contribution in [0.15, 0.2) is 41.5 Å². The van der Waals surface area contributed by atoms with Crippen molar-refractivity contribution in [2.75, 3.05) is 0 Å². The van der Waals surface area contributed by atoms with Gasteiger partial charge in [-0.1, -0.05) is 11.6 Å². The minimum absolute atomic E-state index is 0.0428. The molecule has 0 spiro atoms. The second kappa shape index (κ2) is 5.65. The zero-order valence-corrected chi connectivity index (χ0v) is 13.4. The minimum Gasteiger partial charge on any atom is -0.321 e. The number of fused-ring (bicyclic) bond motifs is 1. The molecule has 1 aliphatic rings. The van der Waals surface area contributed by atoms with E-state index < -0.39 is 17.4 Å². The molecule has 0 bridgehead atoms. The summed E-state index contributed by atoms with van der Waals surface area (Å²) in [5.74, 6) is -0.00207. The Balaban J connectivity index is 2.11. The predicted octanol–water partition coefficient (Wildman–Crippen LogP) is 2.98. The molecule has 1 unspecified atom stereocenters. The average Bonchev–Trinajstić information content (AvgIpc) is 3.43. The van der Waals surface area contributed by atoms with E-state index in [1.54, 1.807) is 24.5 Å². The van der Waals surface area contributed by atoms with E-state index in [1.807, 2.05) is 0 Å². The first-order chi connectivity index (χ1) is 11.6. The monoisotopic (exact) mass is 344 g/mol. The van der Waals surface area contributed by atoms with Gasteiger partial charge in [0.25, 0.3) is 5.56 Å².